The highest BCUT2D eigenvalue weighted by molar-refractivity contribution is 5.73. The second kappa shape index (κ2) is 10.1. The summed E-state index contributed by atoms with van der Waals surface area (Å²) in [5.74, 6) is 0.707. The molecular formula is C24H38N6. The van der Waals surface area contributed by atoms with E-state index in [-0.39, 0.29) is 0 Å². The van der Waals surface area contributed by atoms with Crippen molar-refractivity contribution < 1.29 is 0 Å². The van der Waals surface area contributed by atoms with Crippen molar-refractivity contribution in [3.8, 4) is 0 Å². The van der Waals surface area contributed by atoms with Crippen molar-refractivity contribution in [2.24, 2.45) is 5.92 Å². The average molecular weight is 411 g/mol. The molecule has 0 bridgehead atoms. The molecule has 0 aromatic carbocycles. The molecule has 0 amide bonds. The first-order valence-corrected chi connectivity index (χ1v) is 11.1. The zero-order valence-corrected chi connectivity index (χ0v) is 19.1. The standard InChI is InChI=1S/C24H38N6/c1-7-25-10-8-19(4)27-23-13-26-30-11-9-22(12-24(23)30)17-28-15-20(5)29(14-18(2)3)21(6)16-28/h7,9,11-13,18,20-21,25,27H,1,4,8,10,14-17H2,2-3,5-6H3. The van der Waals surface area contributed by atoms with E-state index < -0.39 is 0 Å². The highest BCUT2D eigenvalue weighted by atomic mass is 15.3. The van der Waals surface area contributed by atoms with Crippen LogP contribution in [0.1, 0.15) is 39.7 Å². The Balaban J connectivity index is 1.66. The number of hydrogen-bond acceptors (Lipinski definition) is 5. The fraction of sp³-hybridized carbons (Fsp3) is 0.542. The molecule has 2 N–H and O–H groups in total. The number of fused-ring (bicyclic) bond motifs is 1. The van der Waals surface area contributed by atoms with Crippen LogP contribution in [0.3, 0.4) is 0 Å². The minimum Gasteiger partial charge on any atom is -0.391 e. The first-order chi connectivity index (χ1) is 14.4. The Morgan fingerprint density at radius 3 is 2.70 bits per heavy atom. The fourth-order valence-corrected chi connectivity index (χ4v) is 4.43. The molecule has 2 atom stereocenters. The monoisotopic (exact) mass is 410 g/mol. The molecule has 1 aliphatic heterocycles. The minimum absolute atomic E-state index is 0.583. The van der Waals surface area contributed by atoms with E-state index in [0.29, 0.717) is 18.0 Å². The maximum atomic E-state index is 4.48. The fourth-order valence-electron chi connectivity index (χ4n) is 4.43. The Morgan fingerprint density at radius 1 is 1.30 bits per heavy atom. The van der Waals surface area contributed by atoms with Crippen molar-refractivity contribution in [1.82, 2.24) is 24.7 Å². The van der Waals surface area contributed by atoms with Crippen LogP contribution < -0.4 is 10.6 Å². The van der Waals surface area contributed by atoms with Crippen molar-refractivity contribution in [2.45, 2.75) is 52.7 Å². The van der Waals surface area contributed by atoms with Gasteiger partial charge in [-0.25, -0.2) is 4.52 Å². The van der Waals surface area contributed by atoms with Gasteiger partial charge in [0.2, 0.25) is 0 Å². The molecule has 2 aromatic rings. The molecule has 30 heavy (non-hydrogen) atoms. The summed E-state index contributed by atoms with van der Waals surface area (Å²) in [6, 6.07) is 5.60. The summed E-state index contributed by atoms with van der Waals surface area (Å²) in [7, 11) is 0. The van der Waals surface area contributed by atoms with Gasteiger partial charge in [-0.05, 0) is 43.7 Å². The number of rotatable bonds is 10. The van der Waals surface area contributed by atoms with Crippen LogP contribution in [0, 0.1) is 5.92 Å². The largest absolute Gasteiger partial charge is 0.391 e. The van der Waals surface area contributed by atoms with E-state index in [2.05, 4.69) is 84.7 Å². The Labute approximate surface area is 181 Å². The van der Waals surface area contributed by atoms with E-state index >= 15 is 0 Å². The van der Waals surface area contributed by atoms with Gasteiger partial charge in [0.15, 0.2) is 0 Å². The highest BCUT2D eigenvalue weighted by Crippen LogP contribution is 2.23. The lowest BCUT2D eigenvalue weighted by Crippen LogP contribution is -2.57. The number of anilines is 1. The second-order valence-electron chi connectivity index (χ2n) is 9.04. The molecule has 3 heterocycles. The molecule has 2 unspecified atom stereocenters. The molecule has 6 nitrogen and oxygen atoms in total. The molecule has 0 radical (unpaired) electrons. The first-order valence-electron chi connectivity index (χ1n) is 11.1. The summed E-state index contributed by atoms with van der Waals surface area (Å²) in [5, 5.41) is 11.0. The average Bonchev–Trinajstić information content (AvgIpc) is 3.07. The first kappa shape index (κ1) is 22.4. The summed E-state index contributed by atoms with van der Waals surface area (Å²) >= 11 is 0. The zero-order valence-electron chi connectivity index (χ0n) is 19.1. The van der Waals surface area contributed by atoms with E-state index in [1.807, 2.05) is 10.7 Å². The number of nitrogens with one attached hydrogen (secondary N) is 2. The molecule has 2 aromatic heterocycles. The van der Waals surface area contributed by atoms with Gasteiger partial charge in [0, 0.05) is 63.1 Å². The third-order valence-corrected chi connectivity index (χ3v) is 5.77. The van der Waals surface area contributed by atoms with E-state index in [1.165, 1.54) is 12.1 Å². The molecule has 3 rings (SSSR count). The topological polar surface area (TPSA) is 47.8 Å². The van der Waals surface area contributed by atoms with Gasteiger partial charge in [0.05, 0.1) is 17.4 Å². The van der Waals surface area contributed by atoms with Crippen molar-refractivity contribution in [1.29, 1.82) is 0 Å². The van der Waals surface area contributed by atoms with Crippen LogP contribution in [0.4, 0.5) is 5.69 Å². The van der Waals surface area contributed by atoms with Gasteiger partial charge in [0.1, 0.15) is 0 Å². The zero-order chi connectivity index (χ0) is 21.7. The van der Waals surface area contributed by atoms with Gasteiger partial charge in [-0.2, -0.15) is 5.10 Å². The Hall–Kier alpha value is -2.31. The van der Waals surface area contributed by atoms with Crippen LogP contribution in [0.2, 0.25) is 0 Å². The van der Waals surface area contributed by atoms with Crippen LogP contribution in [-0.2, 0) is 6.54 Å². The predicted octanol–water partition coefficient (Wildman–Crippen LogP) is 3.93. The van der Waals surface area contributed by atoms with Crippen molar-refractivity contribution in [2.75, 3.05) is 31.5 Å². The molecule has 0 saturated carbocycles. The van der Waals surface area contributed by atoms with E-state index in [1.54, 1.807) is 6.20 Å². The second-order valence-corrected chi connectivity index (χ2v) is 9.04. The van der Waals surface area contributed by atoms with Crippen LogP contribution in [0.25, 0.3) is 5.52 Å². The molecule has 1 saturated heterocycles. The number of nitrogens with zero attached hydrogens (tertiary/aromatic N) is 4. The number of hydrogen-bond donors (Lipinski definition) is 2. The summed E-state index contributed by atoms with van der Waals surface area (Å²) in [6.07, 6.45) is 6.47. The summed E-state index contributed by atoms with van der Waals surface area (Å²) in [6.45, 7) is 22.3. The quantitative estimate of drug-likeness (QED) is 0.581. The van der Waals surface area contributed by atoms with Gasteiger partial charge in [0.25, 0.3) is 0 Å². The van der Waals surface area contributed by atoms with Gasteiger partial charge >= 0.3 is 0 Å². The minimum atomic E-state index is 0.583. The predicted molar refractivity (Wildman–Crippen MR) is 127 cm³/mol. The lowest BCUT2D eigenvalue weighted by Gasteiger charge is -2.45. The van der Waals surface area contributed by atoms with Gasteiger partial charge < -0.3 is 10.6 Å². The molecule has 1 aliphatic rings. The Kier molecular flexibility index (Phi) is 7.56. The SMILES string of the molecule is C=CNCCC(=C)Nc1cnn2ccc(CN3CC(C)N(CC(C)C)C(C)C3)cc12. The van der Waals surface area contributed by atoms with Crippen LogP contribution in [0.15, 0.2) is 49.6 Å². The normalized spacial score (nSPS) is 20.6. The highest BCUT2D eigenvalue weighted by Gasteiger charge is 2.29. The Bertz CT molecular complexity index is 842. The summed E-state index contributed by atoms with van der Waals surface area (Å²) in [5.41, 5.74) is 4.38. The molecule has 0 spiro atoms. The van der Waals surface area contributed by atoms with Crippen LogP contribution in [-0.4, -0.2) is 57.7 Å². The van der Waals surface area contributed by atoms with E-state index in [9.17, 15) is 0 Å². The molecule has 1 fully saturated rings. The van der Waals surface area contributed by atoms with Crippen LogP contribution in [0.5, 0.6) is 0 Å². The summed E-state index contributed by atoms with van der Waals surface area (Å²) in [4.78, 5) is 5.25. The molecule has 0 aliphatic carbocycles. The van der Waals surface area contributed by atoms with E-state index in [0.717, 1.165) is 49.5 Å². The van der Waals surface area contributed by atoms with Crippen LogP contribution >= 0.6 is 0 Å². The lowest BCUT2D eigenvalue weighted by atomic mass is 10.0. The number of pyridine rings is 1. The van der Waals surface area contributed by atoms with Crippen molar-refractivity contribution in [3.63, 3.8) is 0 Å². The Morgan fingerprint density at radius 2 is 2.03 bits per heavy atom. The third-order valence-electron chi connectivity index (χ3n) is 5.77. The van der Waals surface area contributed by atoms with Crippen molar-refractivity contribution >= 4 is 11.2 Å². The van der Waals surface area contributed by atoms with Gasteiger partial charge in [-0.1, -0.05) is 27.0 Å². The third kappa shape index (κ3) is 5.64. The molecular weight excluding hydrogens is 372 g/mol. The summed E-state index contributed by atoms with van der Waals surface area (Å²) < 4.78 is 1.92. The molecule has 6 heteroatoms. The van der Waals surface area contributed by atoms with Gasteiger partial charge in [-0.15, -0.1) is 0 Å². The molecule has 164 valence electrons. The maximum Gasteiger partial charge on any atom is 0.0900 e. The van der Waals surface area contributed by atoms with Gasteiger partial charge in [-0.3, -0.25) is 9.80 Å². The lowest BCUT2D eigenvalue weighted by molar-refractivity contribution is 0.0271. The van der Waals surface area contributed by atoms with E-state index in [4.69, 9.17) is 0 Å². The maximum absolute atomic E-state index is 4.48. The number of aromatic nitrogens is 2. The van der Waals surface area contributed by atoms with Crippen molar-refractivity contribution in [3.05, 3.63) is 55.1 Å². The smallest absolute Gasteiger partial charge is 0.0900 e. The number of piperazine rings is 1.